The molecule has 0 saturated carbocycles. The molecule has 1 rings (SSSR count). The second-order valence-corrected chi connectivity index (χ2v) is 5.26. The maximum absolute atomic E-state index is 6.17. The predicted octanol–water partition coefficient (Wildman–Crippen LogP) is 2.53. The highest BCUT2D eigenvalue weighted by molar-refractivity contribution is 6.21. The van der Waals surface area contributed by atoms with Crippen LogP contribution in [0.1, 0.15) is 40.5 Å². The summed E-state index contributed by atoms with van der Waals surface area (Å²) in [5, 5.41) is 3.82. The average molecular weight is 176 g/mol. The Morgan fingerprint density at radius 2 is 1.82 bits per heavy atom. The van der Waals surface area contributed by atoms with Crippen LogP contribution in [0.15, 0.2) is 0 Å². The molecular weight excluding hydrogens is 158 g/mol. The van der Waals surface area contributed by atoms with Crippen molar-refractivity contribution in [3.8, 4) is 0 Å². The van der Waals surface area contributed by atoms with E-state index < -0.39 is 0 Å². The first-order valence-corrected chi connectivity index (χ1v) is 4.71. The van der Waals surface area contributed by atoms with Crippen molar-refractivity contribution in [3.05, 3.63) is 0 Å². The molecule has 1 unspecified atom stereocenters. The Bertz CT molecular complexity index is 152. The molecule has 0 spiro atoms. The van der Waals surface area contributed by atoms with E-state index in [4.69, 9.17) is 11.6 Å². The Hall–Kier alpha value is 0.250. The summed E-state index contributed by atoms with van der Waals surface area (Å²) >= 11 is 6.17. The molecular formula is C9H18ClN. The van der Waals surface area contributed by atoms with Gasteiger partial charge in [-0.1, -0.05) is 0 Å². The molecule has 1 nitrogen and oxygen atoms in total. The third kappa shape index (κ3) is 2.09. The Kier molecular flexibility index (Phi) is 2.24. The van der Waals surface area contributed by atoms with Gasteiger partial charge in [0.15, 0.2) is 0 Å². The number of nitrogens with one attached hydrogen (secondary N) is 1. The molecule has 1 N–H and O–H groups in total. The molecule has 66 valence electrons. The summed E-state index contributed by atoms with van der Waals surface area (Å²) < 4.78 is 0. The molecule has 1 atom stereocenters. The molecule has 1 aliphatic rings. The first kappa shape index (κ1) is 9.34. The zero-order valence-electron chi connectivity index (χ0n) is 7.87. The van der Waals surface area contributed by atoms with Crippen LogP contribution in [0.25, 0.3) is 0 Å². The molecule has 0 aromatic carbocycles. The van der Waals surface area contributed by atoms with Crippen LogP contribution < -0.4 is 5.32 Å². The number of rotatable bonds is 0. The largest absolute Gasteiger partial charge is 0.305 e. The molecule has 0 amide bonds. The molecule has 1 aliphatic heterocycles. The van der Waals surface area contributed by atoms with E-state index in [2.05, 4.69) is 33.0 Å². The number of alkyl halides is 1. The van der Waals surface area contributed by atoms with E-state index in [0.29, 0.717) is 0 Å². The molecule has 0 aromatic rings. The van der Waals surface area contributed by atoms with Gasteiger partial charge in [0.2, 0.25) is 0 Å². The van der Waals surface area contributed by atoms with Gasteiger partial charge < -0.3 is 5.32 Å². The van der Waals surface area contributed by atoms with Gasteiger partial charge in [0.1, 0.15) is 0 Å². The summed E-state index contributed by atoms with van der Waals surface area (Å²) in [7, 11) is 0. The van der Waals surface area contributed by atoms with Crippen LogP contribution in [-0.4, -0.2) is 16.5 Å². The minimum absolute atomic E-state index is 0.0866. The van der Waals surface area contributed by atoms with Crippen LogP contribution in [0.5, 0.6) is 0 Å². The van der Waals surface area contributed by atoms with E-state index in [1.165, 1.54) is 6.42 Å². The van der Waals surface area contributed by atoms with Gasteiger partial charge in [-0.2, -0.15) is 0 Å². The first-order chi connectivity index (χ1) is 4.83. The molecule has 0 radical (unpaired) electrons. The van der Waals surface area contributed by atoms with Gasteiger partial charge in [-0.25, -0.2) is 0 Å². The van der Waals surface area contributed by atoms with Gasteiger partial charge in [0.05, 0.1) is 5.38 Å². The summed E-state index contributed by atoms with van der Waals surface area (Å²) in [6.45, 7) is 8.81. The standard InChI is InChI=1S/C9H18ClN/c1-8(2)6-5-7(10)9(3,4)11-8/h7,11H,5-6H2,1-4H3. The lowest BCUT2D eigenvalue weighted by Gasteiger charge is -2.45. The molecule has 1 fully saturated rings. The fraction of sp³-hybridized carbons (Fsp3) is 1.00. The summed E-state index contributed by atoms with van der Waals surface area (Å²) in [5.41, 5.74) is 0.345. The molecule has 1 heterocycles. The van der Waals surface area contributed by atoms with Crippen LogP contribution in [-0.2, 0) is 0 Å². The highest BCUT2D eigenvalue weighted by Gasteiger charge is 2.38. The van der Waals surface area contributed by atoms with Crippen molar-refractivity contribution in [2.24, 2.45) is 0 Å². The number of halogens is 1. The van der Waals surface area contributed by atoms with Crippen molar-refractivity contribution < 1.29 is 0 Å². The lowest BCUT2D eigenvalue weighted by molar-refractivity contribution is 0.187. The van der Waals surface area contributed by atoms with E-state index in [1.807, 2.05) is 0 Å². The highest BCUT2D eigenvalue weighted by Crippen LogP contribution is 2.31. The van der Waals surface area contributed by atoms with Crippen molar-refractivity contribution in [3.63, 3.8) is 0 Å². The molecule has 1 saturated heterocycles. The molecule has 11 heavy (non-hydrogen) atoms. The van der Waals surface area contributed by atoms with Crippen LogP contribution in [0.3, 0.4) is 0 Å². The van der Waals surface area contributed by atoms with Crippen molar-refractivity contribution in [1.29, 1.82) is 0 Å². The fourth-order valence-corrected chi connectivity index (χ4v) is 2.03. The summed E-state index contributed by atoms with van der Waals surface area (Å²) in [6, 6.07) is 0. The predicted molar refractivity (Wildman–Crippen MR) is 50.2 cm³/mol. The van der Waals surface area contributed by atoms with Crippen molar-refractivity contribution in [1.82, 2.24) is 5.32 Å². The molecule has 2 heteroatoms. The molecule has 0 bridgehead atoms. The third-order valence-corrected chi connectivity index (χ3v) is 3.23. The highest BCUT2D eigenvalue weighted by atomic mass is 35.5. The monoisotopic (exact) mass is 175 g/mol. The van der Waals surface area contributed by atoms with Crippen LogP contribution in [0, 0.1) is 0 Å². The summed E-state index contributed by atoms with van der Waals surface area (Å²) in [6.07, 6.45) is 2.29. The number of hydrogen-bond acceptors (Lipinski definition) is 1. The van der Waals surface area contributed by atoms with Gasteiger partial charge in [0, 0.05) is 11.1 Å². The fourth-order valence-electron chi connectivity index (χ4n) is 1.86. The molecule has 0 aromatic heterocycles. The Morgan fingerprint density at radius 1 is 1.27 bits per heavy atom. The van der Waals surface area contributed by atoms with E-state index in [9.17, 15) is 0 Å². The lowest BCUT2D eigenvalue weighted by atomic mass is 9.82. The van der Waals surface area contributed by atoms with Crippen molar-refractivity contribution in [2.45, 2.75) is 57.0 Å². The smallest absolute Gasteiger partial charge is 0.0513 e. The minimum atomic E-state index is 0.0866. The Balaban J connectivity index is 2.67. The minimum Gasteiger partial charge on any atom is -0.305 e. The molecule has 0 aliphatic carbocycles. The van der Waals surface area contributed by atoms with E-state index in [-0.39, 0.29) is 16.5 Å². The van der Waals surface area contributed by atoms with Gasteiger partial charge >= 0.3 is 0 Å². The Morgan fingerprint density at radius 3 is 2.18 bits per heavy atom. The maximum atomic E-state index is 6.17. The van der Waals surface area contributed by atoms with Gasteiger partial charge in [-0.05, 0) is 40.5 Å². The van der Waals surface area contributed by atoms with Crippen LogP contribution in [0.2, 0.25) is 0 Å². The zero-order valence-corrected chi connectivity index (χ0v) is 8.63. The van der Waals surface area contributed by atoms with Crippen LogP contribution in [0.4, 0.5) is 0 Å². The van der Waals surface area contributed by atoms with E-state index in [1.54, 1.807) is 0 Å². The average Bonchev–Trinajstić information content (AvgIpc) is 1.77. The second kappa shape index (κ2) is 2.63. The maximum Gasteiger partial charge on any atom is 0.0513 e. The zero-order chi connectivity index (χ0) is 8.70. The van der Waals surface area contributed by atoms with Gasteiger partial charge in [-0.3, -0.25) is 0 Å². The van der Waals surface area contributed by atoms with E-state index >= 15 is 0 Å². The number of hydrogen-bond donors (Lipinski definition) is 1. The SMILES string of the molecule is CC1(C)CCC(Cl)C(C)(C)N1. The van der Waals surface area contributed by atoms with Crippen molar-refractivity contribution in [2.75, 3.05) is 0 Å². The lowest BCUT2D eigenvalue weighted by Crippen LogP contribution is -2.60. The summed E-state index contributed by atoms with van der Waals surface area (Å²) in [4.78, 5) is 0. The third-order valence-electron chi connectivity index (χ3n) is 2.47. The van der Waals surface area contributed by atoms with Crippen LogP contribution >= 0.6 is 11.6 Å². The van der Waals surface area contributed by atoms with Crippen molar-refractivity contribution >= 4 is 11.6 Å². The quantitative estimate of drug-likeness (QED) is 0.558. The first-order valence-electron chi connectivity index (χ1n) is 4.27. The second-order valence-electron chi connectivity index (χ2n) is 4.74. The van der Waals surface area contributed by atoms with Gasteiger partial charge in [0.25, 0.3) is 0 Å². The Labute approximate surface area is 74.5 Å². The number of piperidine rings is 1. The van der Waals surface area contributed by atoms with Gasteiger partial charge in [-0.15, -0.1) is 11.6 Å². The normalized spacial score (nSPS) is 35.2. The van der Waals surface area contributed by atoms with E-state index in [0.717, 1.165) is 6.42 Å². The summed E-state index contributed by atoms with van der Waals surface area (Å²) in [5.74, 6) is 0. The topological polar surface area (TPSA) is 12.0 Å².